The molecule has 15 heavy (non-hydrogen) atoms. The van der Waals surface area contributed by atoms with Crippen molar-refractivity contribution >= 4 is 23.6 Å². The van der Waals surface area contributed by atoms with Gasteiger partial charge >= 0.3 is 5.97 Å². The van der Waals surface area contributed by atoms with Crippen molar-refractivity contribution in [2.24, 2.45) is 5.73 Å². The molecule has 0 bridgehead atoms. The lowest BCUT2D eigenvalue weighted by Gasteiger charge is -2.41. The highest BCUT2D eigenvalue weighted by atomic mass is 32.2. The van der Waals surface area contributed by atoms with Gasteiger partial charge < -0.3 is 15.7 Å². The second kappa shape index (κ2) is 3.41. The Morgan fingerprint density at radius 1 is 1.73 bits per heavy atom. The second-order valence-corrected chi connectivity index (χ2v) is 4.72. The number of nitrogens with zero attached hydrogens (tertiary/aromatic N) is 1. The molecule has 1 unspecified atom stereocenters. The largest absolute Gasteiger partial charge is 0.480 e. The fourth-order valence-corrected chi connectivity index (χ4v) is 3.40. The van der Waals surface area contributed by atoms with E-state index in [1.165, 1.54) is 16.7 Å². The minimum atomic E-state index is -1.01. The second-order valence-electron chi connectivity index (χ2n) is 3.42. The summed E-state index contributed by atoms with van der Waals surface area (Å²) in [6, 6.07) is -1.40. The lowest BCUT2D eigenvalue weighted by molar-refractivity contribution is -0.157. The number of carboxylic acids is 1. The van der Waals surface area contributed by atoms with Crippen molar-refractivity contribution in [2.75, 3.05) is 0 Å². The van der Waals surface area contributed by atoms with Crippen LogP contribution in [0.25, 0.3) is 0 Å². The van der Waals surface area contributed by atoms with Crippen molar-refractivity contribution in [2.45, 2.75) is 22.7 Å². The summed E-state index contributed by atoms with van der Waals surface area (Å²) in [4.78, 5) is 23.7. The molecule has 2 rings (SSSR count). The molecule has 0 saturated carbocycles. The highest BCUT2D eigenvalue weighted by Gasteiger charge is 2.58. The highest BCUT2D eigenvalue weighted by Crippen LogP contribution is 2.44. The topological polar surface area (TPSA) is 83.6 Å². The summed E-state index contributed by atoms with van der Waals surface area (Å²) in [7, 11) is 0. The predicted molar refractivity (Wildman–Crippen MR) is 55.1 cm³/mol. The molecular weight excluding hydrogens is 216 g/mol. The quantitative estimate of drug-likeness (QED) is 0.485. The van der Waals surface area contributed by atoms with Gasteiger partial charge in [-0.3, -0.25) is 4.79 Å². The zero-order valence-corrected chi connectivity index (χ0v) is 8.61. The Balaban J connectivity index is 2.28. The number of β-lactam (4-membered cyclic amide) rings is 1. The van der Waals surface area contributed by atoms with Crippen molar-refractivity contribution in [3.05, 3.63) is 18.4 Å². The van der Waals surface area contributed by atoms with Gasteiger partial charge in [-0.1, -0.05) is 6.58 Å². The van der Waals surface area contributed by atoms with Crippen LogP contribution >= 0.6 is 11.8 Å². The zero-order chi connectivity index (χ0) is 11.2. The first-order valence-electron chi connectivity index (χ1n) is 4.40. The van der Waals surface area contributed by atoms with Crippen LogP contribution in [0, 0.1) is 0 Å². The molecule has 1 amide bonds. The van der Waals surface area contributed by atoms with Gasteiger partial charge in [0.05, 0.1) is 5.25 Å². The molecule has 0 aliphatic carbocycles. The van der Waals surface area contributed by atoms with E-state index in [1.54, 1.807) is 6.08 Å². The van der Waals surface area contributed by atoms with E-state index < -0.39 is 18.1 Å². The number of carboxylic acid groups (broad SMARTS) is 1. The third-order valence-corrected chi connectivity index (χ3v) is 4.07. The Morgan fingerprint density at radius 2 is 2.40 bits per heavy atom. The van der Waals surface area contributed by atoms with Gasteiger partial charge in [-0.15, -0.1) is 17.5 Å². The number of thioether (sulfide) groups is 1. The molecule has 2 aliphatic heterocycles. The van der Waals surface area contributed by atoms with E-state index in [0.717, 1.165) is 0 Å². The summed E-state index contributed by atoms with van der Waals surface area (Å²) in [5.41, 5.74) is 8.13. The molecule has 0 aromatic rings. The molecule has 4 atom stereocenters. The fraction of sp³-hybridized carbons (Fsp3) is 0.444. The van der Waals surface area contributed by atoms with E-state index in [0.29, 0.717) is 0 Å². The summed E-state index contributed by atoms with van der Waals surface area (Å²) >= 11 is 1.37. The molecule has 0 aromatic heterocycles. The average Bonchev–Trinajstić information content (AvgIpc) is 2.54. The first-order valence-corrected chi connectivity index (χ1v) is 5.34. The average molecular weight is 226 g/mol. The maximum absolute atomic E-state index is 11.4. The smallest absolute Gasteiger partial charge is 0.327 e. The van der Waals surface area contributed by atoms with E-state index in [4.69, 9.17) is 10.8 Å². The SMILES string of the molecule is C=C=C[C@H]1S[C@@H]2[C@H](N)C(=O)N2C1C(=O)O. The minimum Gasteiger partial charge on any atom is -0.480 e. The van der Waals surface area contributed by atoms with E-state index in [-0.39, 0.29) is 16.5 Å². The maximum atomic E-state index is 11.4. The third-order valence-electron chi connectivity index (χ3n) is 2.56. The number of amides is 1. The molecule has 0 aromatic carbocycles. The minimum absolute atomic E-state index is 0.215. The number of carbonyl (C=O) groups excluding carboxylic acids is 1. The lowest BCUT2D eigenvalue weighted by atomic mass is 10.0. The number of hydrogen-bond acceptors (Lipinski definition) is 4. The van der Waals surface area contributed by atoms with Gasteiger partial charge in [-0.05, 0) is 6.08 Å². The van der Waals surface area contributed by atoms with Crippen LogP contribution in [-0.2, 0) is 9.59 Å². The number of hydrogen-bond donors (Lipinski definition) is 2. The molecule has 2 saturated heterocycles. The third kappa shape index (κ3) is 1.30. The summed E-state index contributed by atoms with van der Waals surface area (Å²) in [5, 5.41) is 8.50. The number of fused-ring (bicyclic) bond motifs is 1. The van der Waals surface area contributed by atoms with Gasteiger partial charge in [0.1, 0.15) is 17.5 Å². The first kappa shape index (κ1) is 10.3. The van der Waals surface area contributed by atoms with Crippen LogP contribution in [0.2, 0.25) is 0 Å². The van der Waals surface area contributed by atoms with Crippen molar-refractivity contribution in [3.8, 4) is 0 Å². The van der Waals surface area contributed by atoms with Gasteiger partial charge in [-0.2, -0.15) is 0 Å². The van der Waals surface area contributed by atoms with Crippen LogP contribution in [0.3, 0.4) is 0 Å². The molecule has 2 fully saturated rings. The van der Waals surface area contributed by atoms with E-state index in [1.807, 2.05) is 0 Å². The molecule has 0 radical (unpaired) electrons. The van der Waals surface area contributed by atoms with Crippen LogP contribution in [-0.4, -0.2) is 44.6 Å². The Kier molecular flexibility index (Phi) is 2.34. The fourth-order valence-electron chi connectivity index (χ4n) is 1.86. The van der Waals surface area contributed by atoms with E-state index in [2.05, 4.69) is 12.3 Å². The van der Waals surface area contributed by atoms with Crippen molar-refractivity contribution in [1.82, 2.24) is 4.90 Å². The summed E-state index contributed by atoms with van der Waals surface area (Å²) in [6.45, 7) is 3.40. The van der Waals surface area contributed by atoms with Crippen molar-refractivity contribution < 1.29 is 14.7 Å². The molecular formula is C9H10N2O3S. The number of nitrogens with two attached hydrogens (primary N) is 1. The summed E-state index contributed by atoms with van der Waals surface area (Å²) in [5.74, 6) is -1.30. The van der Waals surface area contributed by atoms with Crippen molar-refractivity contribution in [1.29, 1.82) is 0 Å². The van der Waals surface area contributed by atoms with Gasteiger partial charge in [0, 0.05) is 0 Å². The van der Waals surface area contributed by atoms with Gasteiger partial charge in [-0.25, -0.2) is 4.79 Å². The van der Waals surface area contributed by atoms with Crippen molar-refractivity contribution in [3.63, 3.8) is 0 Å². The van der Waals surface area contributed by atoms with Crippen LogP contribution in [0.4, 0.5) is 0 Å². The first-order chi connectivity index (χ1) is 7.07. The normalized spacial score (nSPS) is 37.9. The molecule has 2 aliphatic rings. The molecule has 80 valence electrons. The van der Waals surface area contributed by atoms with Gasteiger partial charge in [0.25, 0.3) is 0 Å². The molecule has 2 heterocycles. The number of carbonyl (C=O) groups is 2. The summed E-state index contributed by atoms with van der Waals surface area (Å²) in [6.07, 6.45) is 1.57. The maximum Gasteiger partial charge on any atom is 0.327 e. The molecule has 5 nitrogen and oxygen atoms in total. The highest BCUT2D eigenvalue weighted by molar-refractivity contribution is 8.01. The number of aliphatic carboxylic acids is 1. The Hall–Kier alpha value is -1.23. The van der Waals surface area contributed by atoms with Crippen LogP contribution in [0.1, 0.15) is 0 Å². The zero-order valence-electron chi connectivity index (χ0n) is 7.79. The number of rotatable bonds is 2. The Morgan fingerprint density at radius 3 is 2.93 bits per heavy atom. The van der Waals surface area contributed by atoms with E-state index >= 15 is 0 Å². The van der Waals surface area contributed by atoms with Crippen LogP contribution in [0.5, 0.6) is 0 Å². The molecule has 3 N–H and O–H groups in total. The Labute approximate surface area is 90.6 Å². The predicted octanol–water partition coefficient (Wildman–Crippen LogP) is -0.608. The van der Waals surface area contributed by atoms with Crippen LogP contribution in [0.15, 0.2) is 18.4 Å². The molecule has 0 spiro atoms. The Bertz CT molecular complexity index is 376. The van der Waals surface area contributed by atoms with Gasteiger partial charge in [0.2, 0.25) is 5.91 Å². The summed E-state index contributed by atoms with van der Waals surface area (Å²) < 4.78 is 0. The van der Waals surface area contributed by atoms with Gasteiger partial charge in [0.15, 0.2) is 0 Å². The lowest BCUT2D eigenvalue weighted by Crippen LogP contribution is -2.68. The standard InChI is InChI=1S/C9H10N2O3S/c1-2-3-4-6(9(13)14)11-7(12)5(10)8(11)15-4/h3-6,8H,1,10H2,(H,13,14)/t4-,5-,6?,8-/m1/s1. The monoisotopic (exact) mass is 226 g/mol. The van der Waals surface area contributed by atoms with Crippen LogP contribution < -0.4 is 5.73 Å². The van der Waals surface area contributed by atoms with E-state index in [9.17, 15) is 9.59 Å². The molecule has 6 heteroatoms.